The third kappa shape index (κ3) is 4.24. The molecule has 0 fully saturated rings. The molecule has 1 amide bonds. The summed E-state index contributed by atoms with van der Waals surface area (Å²) in [6.45, 7) is 5.74. The maximum Gasteiger partial charge on any atom is 0.278 e. The molecule has 9 heteroatoms. The van der Waals surface area contributed by atoms with Gasteiger partial charge in [0.15, 0.2) is 5.69 Å². The Balaban J connectivity index is 1.81. The maximum absolute atomic E-state index is 12.8. The molecular formula is C21H21N3O6. The summed E-state index contributed by atoms with van der Waals surface area (Å²) in [5.41, 5.74) is 2.80. The third-order valence-corrected chi connectivity index (χ3v) is 4.77. The molecule has 0 radical (unpaired) electrons. The van der Waals surface area contributed by atoms with Gasteiger partial charge in [0, 0.05) is 6.07 Å². The summed E-state index contributed by atoms with van der Waals surface area (Å²) in [4.78, 5) is 23.2. The summed E-state index contributed by atoms with van der Waals surface area (Å²) in [5.74, 6) is 0.782. The summed E-state index contributed by atoms with van der Waals surface area (Å²) in [5, 5.41) is 17.4. The number of nitrogens with zero attached hydrogens (tertiary/aromatic N) is 2. The van der Waals surface area contributed by atoms with E-state index >= 15 is 0 Å². The minimum Gasteiger partial charge on any atom is -0.494 e. The summed E-state index contributed by atoms with van der Waals surface area (Å²) in [6.07, 6.45) is 0. The van der Waals surface area contributed by atoms with Gasteiger partial charge < -0.3 is 19.3 Å². The molecule has 0 spiro atoms. The van der Waals surface area contributed by atoms with E-state index in [2.05, 4.69) is 10.5 Å². The van der Waals surface area contributed by atoms with Gasteiger partial charge in [0.1, 0.15) is 23.9 Å². The fraction of sp³-hybridized carbons (Fsp3) is 0.238. The van der Waals surface area contributed by atoms with Crippen LogP contribution in [0, 0.1) is 30.9 Å². The standard InChI is InChI=1S/C21H21N3O6/c1-12-6-5-7-18(13(12)2)29-11-16-14(3)30-23-20(16)21(25)22-17-9-8-15(24(26)27)10-19(17)28-4/h5-10H,11H2,1-4H3,(H,22,25). The number of carbonyl (C=O) groups excluding carboxylic acids is 1. The van der Waals surface area contributed by atoms with Crippen molar-refractivity contribution in [3.63, 3.8) is 0 Å². The number of non-ortho nitro benzene ring substituents is 1. The molecular weight excluding hydrogens is 390 g/mol. The number of aryl methyl sites for hydroxylation is 2. The van der Waals surface area contributed by atoms with Crippen molar-refractivity contribution in [1.82, 2.24) is 5.16 Å². The van der Waals surface area contributed by atoms with E-state index in [4.69, 9.17) is 14.0 Å². The molecule has 3 aromatic rings. The first-order valence-electron chi connectivity index (χ1n) is 9.09. The number of benzene rings is 2. The average Bonchev–Trinajstić information content (AvgIpc) is 3.09. The molecule has 0 bridgehead atoms. The fourth-order valence-electron chi connectivity index (χ4n) is 2.85. The van der Waals surface area contributed by atoms with Gasteiger partial charge in [-0.2, -0.15) is 0 Å². The molecule has 0 atom stereocenters. The van der Waals surface area contributed by atoms with Crippen LogP contribution in [-0.4, -0.2) is 23.1 Å². The summed E-state index contributed by atoms with van der Waals surface area (Å²) in [6, 6.07) is 9.64. The number of nitro groups is 1. The van der Waals surface area contributed by atoms with Crippen LogP contribution >= 0.6 is 0 Å². The van der Waals surface area contributed by atoms with E-state index in [0.717, 1.165) is 11.1 Å². The van der Waals surface area contributed by atoms with Gasteiger partial charge in [0.2, 0.25) is 0 Å². The van der Waals surface area contributed by atoms with Gasteiger partial charge in [0.25, 0.3) is 11.6 Å². The van der Waals surface area contributed by atoms with Crippen LogP contribution in [0.1, 0.15) is 32.9 Å². The minimum absolute atomic E-state index is 0.0678. The molecule has 30 heavy (non-hydrogen) atoms. The Morgan fingerprint density at radius 3 is 2.67 bits per heavy atom. The highest BCUT2D eigenvalue weighted by molar-refractivity contribution is 6.04. The molecule has 1 heterocycles. The number of hydrogen-bond donors (Lipinski definition) is 1. The van der Waals surface area contributed by atoms with Gasteiger partial charge in [-0.1, -0.05) is 17.3 Å². The number of aromatic nitrogens is 1. The molecule has 1 aromatic heterocycles. The van der Waals surface area contributed by atoms with Crippen molar-refractivity contribution in [2.75, 3.05) is 12.4 Å². The SMILES string of the molecule is COc1cc([N+](=O)[O-])ccc1NC(=O)c1noc(C)c1COc1cccc(C)c1C. The number of nitrogens with one attached hydrogen (secondary N) is 1. The van der Waals surface area contributed by atoms with Gasteiger partial charge in [0.05, 0.1) is 29.4 Å². The van der Waals surface area contributed by atoms with Crippen molar-refractivity contribution in [3.05, 3.63) is 74.7 Å². The number of nitro benzene ring substituents is 1. The van der Waals surface area contributed by atoms with E-state index in [9.17, 15) is 14.9 Å². The second-order valence-corrected chi connectivity index (χ2v) is 6.65. The van der Waals surface area contributed by atoms with E-state index in [1.807, 2.05) is 32.0 Å². The first-order valence-corrected chi connectivity index (χ1v) is 9.09. The number of methoxy groups -OCH3 is 1. The molecule has 0 saturated heterocycles. The fourth-order valence-corrected chi connectivity index (χ4v) is 2.85. The van der Waals surface area contributed by atoms with Crippen molar-refractivity contribution in [3.8, 4) is 11.5 Å². The second-order valence-electron chi connectivity index (χ2n) is 6.65. The van der Waals surface area contributed by atoms with E-state index in [-0.39, 0.29) is 29.4 Å². The molecule has 0 aliphatic heterocycles. The Bertz CT molecular complexity index is 1110. The molecule has 1 N–H and O–H groups in total. The molecule has 0 saturated carbocycles. The van der Waals surface area contributed by atoms with Crippen LogP contribution < -0.4 is 14.8 Å². The Morgan fingerprint density at radius 1 is 1.20 bits per heavy atom. The number of carbonyl (C=O) groups is 1. The lowest BCUT2D eigenvalue weighted by Gasteiger charge is -2.12. The minimum atomic E-state index is -0.544. The number of rotatable bonds is 7. The second kappa shape index (κ2) is 8.64. The van der Waals surface area contributed by atoms with Crippen molar-refractivity contribution in [1.29, 1.82) is 0 Å². The third-order valence-electron chi connectivity index (χ3n) is 4.77. The van der Waals surface area contributed by atoms with E-state index in [0.29, 0.717) is 17.1 Å². The zero-order valence-corrected chi connectivity index (χ0v) is 17.0. The number of anilines is 1. The largest absolute Gasteiger partial charge is 0.494 e. The summed E-state index contributed by atoms with van der Waals surface area (Å²) < 4.78 is 16.2. The number of ether oxygens (including phenoxy) is 2. The van der Waals surface area contributed by atoms with E-state index < -0.39 is 10.8 Å². The first-order chi connectivity index (χ1) is 14.3. The van der Waals surface area contributed by atoms with Gasteiger partial charge >= 0.3 is 0 Å². The summed E-state index contributed by atoms with van der Waals surface area (Å²) in [7, 11) is 1.36. The van der Waals surface area contributed by atoms with Gasteiger partial charge in [-0.3, -0.25) is 14.9 Å². The normalized spacial score (nSPS) is 10.5. The average molecular weight is 411 g/mol. The molecule has 3 rings (SSSR count). The zero-order chi connectivity index (χ0) is 21.8. The van der Waals surface area contributed by atoms with E-state index in [1.165, 1.54) is 25.3 Å². The molecule has 156 valence electrons. The van der Waals surface area contributed by atoms with Crippen molar-refractivity contribution in [2.45, 2.75) is 27.4 Å². The highest BCUT2D eigenvalue weighted by Gasteiger charge is 2.22. The van der Waals surface area contributed by atoms with Crippen molar-refractivity contribution >= 4 is 17.3 Å². The van der Waals surface area contributed by atoms with Gasteiger partial charge in [-0.15, -0.1) is 0 Å². The first kappa shape index (κ1) is 20.8. The van der Waals surface area contributed by atoms with E-state index in [1.54, 1.807) is 6.92 Å². The lowest BCUT2D eigenvalue weighted by molar-refractivity contribution is -0.384. The topological polar surface area (TPSA) is 117 Å². The summed E-state index contributed by atoms with van der Waals surface area (Å²) >= 11 is 0. The Morgan fingerprint density at radius 2 is 1.97 bits per heavy atom. The molecule has 0 aliphatic carbocycles. The predicted octanol–water partition coefficient (Wildman–Crippen LogP) is 4.35. The molecule has 2 aromatic carbocycles. The van der Waals surface area contributed by atoms with Crippen LogP contribution in [0.25, 0.3) is 0 Å². The number of hydrogen-bond acceptors (Lipinski definition) is 7. The predicted molar refractivity (Wildman–Crippen MR) is 109 cm³/mol. The Hall–Kier alpha value is -3.88. The monoisotopic (exact) mass is 411 g/mol. The van der Waals surface area contributed by atoms with Crippen LogP contribution in [0.5, 0.6) is 11.5 Å². The Kier molecular flexibility index (Phi) is 6.01. The number of amides is 1. The highest BCUT2D eigenvalue weighted by atomic mass is 16.6. The van der Waals surface area contributed by atoms with Crippen LogP contribution in [0.15, 0.2) is 40.9 Å². The van der Waals surface area contributed by atoms with Crippen LogP contribution in [0.4, 0.5) is 11.4 Å². The van der Waals surface area contributed by atoms with Gasteiger partial charge in [-0.25, -0.2) is 0 Å². The van der Waals surface area contributed by atoms with Gasteiger partial charge in [-0.05, 0) is 44.0 Å². The molecule has 0 unspecified atom stereocenters. The quantitative estimate of drug-likeness (QED) is 0.454. The lowest BCUT2D eigenvalue weighted by atomic mass is 10.1. The van der Waals surface area contributed by atoms with Crippen molar-refractivity contribution < 1.29 is 23.7 Å². The molecule has 9 nitrogen and oxygen atoms in total. The molecule has 0 aliphatic rings. The highest BCUT2D eigenvalue weighted by Crippen LogP contribution is 2.30. The Labute approximate surface area is 172 Å². The smallest absolute Gasteiger partial charge is 0.278 e. The van der Waals surface area contributed by atoms with Crippen LogP contribution in [0.2, 0.25) is 0 Å². The van der Waals surface area contributed by atoms with Crippen LogP contribution in [0.3, 0.4) is 0 Å². The van der Waals surface area contributed by atoms with Crippen LogP contribution in [-0.2, 0) is 6.61 Å². The maximum atomic E-state index is 12.8. The zero-order valence-electron chi connectivity index (χ0n) is 17.0. The van der Waals surface area contributed by atoms with Crippen molar-refractivity contribution in [2.24, 2.45) is 0 Å². The lowest BCUT2D eigenvalue weighted by Crippen LogP contribution is -2.16.